The van der Waals surface area contributed by atoms with Crippen molar-refractivity contribution in [1.29, 1.82) is 0 Å². The molecule has 1 aliphatic heterocycles. The van der Waals surface area contributed by atoms with Crippen LogP contribution in [-0.4, -0.2) is 34.1 Å². The molecule has 2 aromatic rings. The first-order chi connectivity index (χ1) is 13.5. The Kier molecular flexibility index (Phi) is 6.36. The second kappa shape index (κ2) is 8.93. The molecule has 0 aromatic heterocycles. The zero-order valence-corrected chi connectivity index (χ0v) is 16.5. The number of imide groups is 1. The van der Waals surface area contributed by atoms with E-state index in [-0.39, 0.29) is 11.7 Å². The van der Waals surface area contributed by atoms with Crippen molar-refractivity contribution in [3.8, 4) is 0 Å². The second-order valence-electron chi connectivity index (χ2n) is 6.90. The number of hydrogen-bond acceptors (Lipinski definition) is 4. The molecular formula is C21H23N3O3S. The van der Waals surface area contributed by atoms with E-state index in [4.69, 9.17) is 0 Å². The SMILES string of the molecule is C[C@@]1(CCc2ccccc2)NC(=O)N(NC(=O)CSCc2ccccc2)C1=O. The number of nitrogens with one attached hydrogen (secondary N) is 2. The summed E-state index contributed by atoms with van der Waals surface area (Å²) in [5.41, 5.74) is 3.60. The van der Waals surface area contributed by atoms with Gasteiger partial charge in [0.15, 0.2) is 0 Å². The lowest BCUT2D eigenvalue weighted by Gasteiger charge is -2.21. The predicted molar refractivity (Wildman–Crippen MR) is 109 cm³/mol. The summed E-state index contributed by atoms with van der Waals surface area (Å²) >= 11 is 1.43. The van der Waals surface area contributed by atoms with Crippen LogP contribution in [0.15, 0.2) is 60.7 Å². The molecule has 4 amide bonds. The first-order valence-corrected chi connectivity index (χ1v) is 10.3. The maximum Gasteiger partial charge on any atom is 0.344 e. The third-order valence-corrected chi connectivity index (χ3v) is 5.60. The Bertz CT molecular complexity index is 844. The third-order valence-electron chi connectivity index (χ3n) is 4.60. The molecule has 7 heteroatoms. The average Bonchev–Trinajstić information content (AvgIpc) is 2.91. The smallest absolute Gasteiger partial charge is 0.322 e. The molecule has 1 saturated heterocycles. The molecule has 1 fully saturated rings. The number of urea groups is 1. The van der Waals surface area contributed by atoms with Gasteiger partial charge < -0.3 is 5.32 Å². The van der Waals surface area contributed by atoms with Gasteiger partial charge in [-0.05, 0) is 30.9 Å². The Morgan fingerprint density at radius 3 is 2.29 bits per heavy atom. The summed E-state index contributed by atoms with van der Waals surface area (Å²) < 4.78 is 0. The van der Waals surface area contributed by atoms with Gasteiger partial charge in [0.25, 0.3) is 5.91 Å². The molecule has 146 valence electrons. The minimum absolute atomic E-state index is 0.159. The van der Waals surface area contributed by atoms with Crippen molar-refractivity contribution in [3.05, 3.63) is 71.8 Å². The maximum atomic E-state index is 12.7. The van der Waals surface area contributed by atoms with Crippen molar-refractivity contribution in [2.24, 2.45) is 0 Å². The first kappa shape index (κ1) is 19.9. The van der Waals surface area contributed by atoms with Crippen LogP contribution in [0.25, 0.3) is 0 Å². The van der Waals surface area contributed by atoms with E-state index in [1.165, 1.54) is 11.8 Å². The molecule has 6 nitrogen and oxygen atoms in total. The van der Waals surface area contributed by atoms with E-state index < -0.39 is 17.5 Å². The zero-order valence-electron chi connectivity index (χ0n) is 15.7. The zero-order chi connectivity index (χ0) is 20.0. The van der Waals surface area contributed by atoms with Crippen molar-refractivity contribution >= 4 is 29.6 Å². The summed E-state index contributed by atoms with van der Waals surface area (Å²) in [5, 5.41) is 3.51. The van der Waals surface area contributed by atoms with Crippen LogP contribution in [0.5, 0.6) is 0 Å². The van der Waals surface area contributed by atoms with E-state index in [1.807, 2.05) is 60.7 Å². The Morgan fingerprint density at radius 1 is 1.04 bits per heavy atom. The number of hydrazine groups is 1. The van der Waals surface area contributed by atoms with Gasteiger partial charge in [0.2, 0.25) is 5.91 Å². The fourth-order valence-corrected chi connectivity index (χ4v) is 3.77. The number of carbonyl (C=O) groups is 3. The highest BCUT2D eigenvalue weighted by Crippen LogP contribution is 2.22. The molecule has 0 unspecified atom stereocenters. The highest BCUT2D eigenvalue weighted by molar-refractivity contribution is 7.99. The van der Waals surface area contributed by atoms with E-state index in [1.54, 1.807) is 6.92 Å². The normalized spacial score (nSPS) is 18.8. The molecule has 0 radical (unpaired) electrons. The molecule has 2 N–H and O–H groups in total. The van der Waals surface area contributed by atoms with Crippen molar-refractivity contribution < 1.29 is 14.4 Å². The van der Waals surface area contributed by atoms with Gasteiger partial charge in [-0.15, -0.1) is 11.8 Å². The highest BCUT2D eigenvalue weighted by atomic mass is 32.2. The number of amides is 4. The Balaban J connectivity index is 1.50. The van der Waals surface area contributed by atoms with E-state index in [9.17, 15) is 14.4 Å². The Morgan fingerprint density at radius 2 is 1.64 bits per heavy atom. The summed E-state index contributed by atoms with van der Waals surface area (Å²) in [5.74, 6) is 0.0298. The van der Waals surface area contributed by atoms with Crippen LogP contribution in [0.1, 0.15) is 24.5 Å². The fourth-order valence-electron chi connectivity index (χ4n) is 2.99. The lowest BCUT2D eigenvalue weighted by molar-refractivity contribution is -0.138. The third kappa shape index (κ3) is 4.92. The van der Waals surface area contributed by atoms with Crippen LogP contribution in [-0.2, 0) is 21.8 Å². The van der Waals surface area contributed by atoms with Crippen molar-refractivity contribution in [3.63, 3.8) is 0 Å². The number of aryl methyl sites for hydroxylation is 1. The summed E-state index contributed by atoms with van der Waals surface area (Å²) in [4.78, 5) is 37.1. The van der Waals surface area contributed by atoms with Gasteiger partial charge in [-0.25, -0.2) is 4.79 Å². The molecule has 0 spiro atoms. The van der Waals surface area contributed by atoms with E-state index in [0.717, 1.165) is 16.1 Å². The molecule has 0 bridgehead atoms. The summed E-state index contributed by atoms with van der Waals surface area (Å²) in [6.07, 6.45) is 1.11. The number of thioether (sulfide) groups is 1. The van der Waals surface area contributed by atoms with Crippen LogP contribution < -0.4 is 10.7 Å². The Hall–Kier alpha value is -2.80. The molecule has 1 atom stereocenters. The van der Waals surface area contributed by atoms with Crippen LogP contribution in [0, 0.1) is 0 Å². The van der Waals surface area contributed by atoms with Gasteiger partial charge in [-0.2, -0.15) is 5.01 Å². The quantitative estimate of drug-likeness (QED) is 0.672. The lowest BCUT2D eigenvalue weighted by Crippen LogP contribution is -2.49. The largest absolute Gasteiger partial charge is 0.344 e. The van der Waals surface area contributed by atoms with Gasteiger partial charge in [-0.3, -0.25) is 15.0 Å². The number of carbonyl (C=O) groups excluding carboxylic acids is 3. The molecule has 0 saturated carbocycles. The summed E-state index contributed by atoms with van der Waals surface area (Å²) in [6, 6.07) is 19.0. The maximum absolute atomic E-state index is 12.7. The highest BCUT2D eigenvalue weighted by Gasteiger charge is 2.48. The molecule has 28 heavy (non-hydrogen) atoms. The van der Waals surface area contributed by atoms with Crippen molar-refractivity contribution in [2.75, 3.05) is 5.75 Å². The molecule has 1 heterocycles. The van der Waals surface area contributed by atoms with Crippen LogP contribution in [0.4, 0.5) is 4.79 Å². The molecule has 0 aliphatic carbocycles. The number of benzene rings is 2. The number of rotatable bonds is 8. The minimum Gasteiger partial charge on any atom is -0.322 e. The van der Waals surface area contributed by atoms with Gasteiger partial charge in [-0.1, -0.05) is 60.7 Å². The van der Waals surface area contributed by atoms with Crippen LogP contribution in [0.2, 0.25) is 0 Å². The molecule has 1 aliphatic rings. The fraction of sp³-hybridized carbons (Fsp3) is 0.286. The van der Waals surface area contributed by atoms with Gasteiger partial charge in [0, 0.05) is 5.75 Å². The Labute approximate surface area is 168 Å². The van der Waals surface area contributed by atoms with Crippen molar-refractivity contribution in [1.82, 2.24) is 15.8 Å². The number of hydrogen-bond donors (Lipinski definition) is 2. The van der Waals surface area contributed by atoms with E-state index in [0.29, 0.717) is 18.6 Å². The predicted octanol–water partition coefficient (Wildman–Crippen LogP) is 2.89. The molecule has 2 aromatic carbocycles. The monoisotopic (exact) mass is 397 g/mol. The lowest BCUT2D eigenvalue weighted by atomic mass is 9.93. The van der Waals surface area contributed by atoms with Crippen molar-refractivity contribution in [2.45, 2.75) is 31.1 Å². The van der Waals surface area contributed by atoms with Gasteiger partial charge in [0.05, 0.1) is 5.75 Å². The second-order valence-corrected chi connectivity index (χ2v) is 7.89. The van der Waals surface area contributed by atoms with Gasteiger partial charge >= 0.3 is 6.03 Å². The van der Waals surface area contributed by atoms with E-state index >= 15 is 0 Å². The van der Waals surface area contributed by atoms with Crippen LogP contribution in [0.3, 0.4) is 0 Å². The van der Waals surface area contributed by atoms with E-state index in [2.05, 4.69) is 10.7 Å². The van der Waals surface area contributed by atoms with Crippen LogP contribution >= 0.6 is 11.8 Å². The average molecular weight is 398 g/mol. The minimum atomic E-state index is -1.03. The standard InChI is InChI=1S/C21H23N3O3S/c1-21(13-12-16-8-4-2-5-9-16)19(26)24(20(27)22-21)23-18(25)15-28-14-17-10-6-3-7-11-17/h2-11H,12-15H2,1H3,(H,22,27)(H,23,25)/t21-/m0/s1. The first-order valence-electron chi connectivity index (χ1n) is 9.10. The topological polar surface area (TPSA) is 78.5 Å². The van der Waals surface area contributed by atoms with Gasteiger partial charge in [0.1, 0.15) is 5.54 Å². The molecule has 3 rings (SSSR count). The molecular weight excluding hydrogens is 374 g/mol. The summed E-state index contributed by atoms with van der Waals surface area (Å²) in [7, 11) is 0. The summed E-state index contributed by atoms with van der Waals surface area (Å²) in [6.45, 7) is 1.69. The number of nitrogens with zero attached hydrogens (tertiary/aromatic N) is 1.